The van der Waals surface area contributed by atoms with Gasteiger partial charge in [-0.2, -0.15) is 8.78 Å². The van der Waals surface area contributed by atoms with Crippen LogP contribution in [0.5, 0.6) is 5.75 Å². The molecule has 1 aromatic heterocycles. The van der Waals surface area contributed by atoms with E-state index in [0.29, 0.717) is 0 Å². The third-order valence-corrected chi connectivity index (χ3v) is 4.06. The first-order valence-corrected chi connectivity index (χ1v) is 7.66. The van der Waals surface area contributed by atoms with E-state index in [9.17, 15) is 8.78 Å². The molecular weight excluding hydrogens is 324 g/mol. The highest BCUT2D eigenvalue weighted by Crippen LogP contribution is 2.27. The molecule has 1 fully saturated rings. The predicted molar refractivity (Wildman–Crippen MR) is 86.7 cm³/mol. The van der Waals surface area contributed by atoms with E-state index in [1.807, 2.05) is 24.3 Å². The standard InChI is InChI=1S/C16H16ClF2N3O/c17-13-3-1-2-4-14(13)21-7-9-22(10-8-21)15-6-5-12(11-20-15)23-16(18)19/h1-6,11,16H,7-10H2. The van der Waals surface area contributed by atoms with Crippen LogP contribution in [0.1, 0.15) is 0 Å². The van der Waals surface area contributed by atoms with Crippen molar-refractivity contribution in [1.82, 2.24) is 4.98 Å². The Balaban J connectivity index is 1.61. The quantitative estimate of drug-likeness (QED) is 0.850. The summed E-state index contributed by atoms with van der Waals surface area (Å²) in [6.45, 7) is 0.379. The fourth-order valence-corrected chi connectivity index (χ4v) is 2.87. The number of anilines is 2. The van der Waals surface area contributed by atoms with Crippen molar-refractivity contribution in [2.75, 3.05) is 36.0 Å². The van der Waals surface area contributed by atoms with Gasteiger partial charge in [-0.15, -0.1) is 0 Å². The molecule has 0 N–H and O–H groups in total. The van der Waals surface area contributed by atoms with Crippen LogP contribution in [0.4, 0.5) is 20.3 Å². The topological polar surface area (TPSA) is 28.6 Å². The minimum absolute atomic E-state index is 0.0680. The Morgan fingerprint density at radius 3 is 2.30 bits per heavy atom. The number of nitrogens with zero attached hydrogens (tertiary/aromatic N) is 3. The minimum Gasteiger partial charge on any atom is -0.433 e. The lowest BCUT2D eigenvalue weighted by atomic mass is 10.2. The molecule has 1 saturated heterocycles. The van der Waals surface area contributed by atoms with E-state index >= 15 is 0 Å². The lowest BCUT2D eigenvalue weighted by Crippen LogP contribution is -2.46. The van der Waals surface area contributed by atoms with Crippen LogP contribution >= 0.6 is 11.6 Å². The number of alkyl halides is 2. The molecule has 0 atom stereocenters. The Bertz CT molecular complexity index is 646. The molecule has 0 amide bonds. The Morgan fingerprint density at radius 2 is 1.70 bits per heavy atom. The fourth-order valence-electron chi connectivity index (χ4n) is 2.62. The van der Waals surface area contributed by atoms with Gasteiger partial charge in [0.1, 0.15) is 11.6 Å². The number of halogens is 3. The average molecular weight is 340 g/mol. The maximum absolute atomic E-state index is 12.1. The molecule has 23 heavy (non-hydrogen) atoms. The zero-order valence-corrected chi connectivity index (χ0v) is 13.1. The van der Waals surface area contributed by atoms with Crippen LogP contribution in [0.15, 0.2) is 42.6 Å². The lowest BCUT2D eigenvalue weighted by molar-refractivity contribution is -0.0500. The SMILES string of the molecule is FC(F)Oc1ccc(N2CCN(c3ccccc3Cl)CC2)nc1. The molecule has 0 bridgehead atoms. The summed E-state index contributed by atoms with van der Waals surface area (Å²) >= 11 is 6.23. The van der Waals surface area contributed by atoms with E-state index in [1.165, 1.54) is 12.3 Å². The van der Waals surface area contributed by atoms with Crippen LogP contribution in [0.2, 0.25) is 5.02 Å². The molecule has 2 aromatic rings. The summed E-state index contributed by atoms with van der Waals surface area (Å²) in [5.41, 5.74) is 1.03. The van der Waals surface area contributed by atoms with Crippen LogP contribution < -0.4 is 14.5 Å². The molecule has 122 valence electrons. The largest absolute Gasteiger partial charge is 0.433 e. The van der Waals surface area contributed by atoms with Gasteiger partial charge in [0, 0.05) is 26.2 Å². The smallest absolute Gasteiger partial charge is 0.387 e. The van der Waals surface area contributed by atoms with Gasteiger partial charge in [-0.3, -0.25) is 0 Å². The number of hydrogen-bond donors (Lipinski definition) is 0. The lowest BCUT2D eigenvalue weighted by Gasteiger charge is -2.37. The number of pyridine rings is 1. The Kier molecular flexibility index (Phi) is 4.81. The third-order valence-electron chi connectivity index (χ3n) is 3.74. The normalized spacial score (nSPS) is 15.1. The van der Waals surface area contributed by atoms with Crippen molar-refractivity contribution >= 4 is 23.1 Å². The third kappa shape index (κ3) is 3.82. The second kappa shape index (κ2) is 7.00. The first-order chi connectivity index (χ1) is 11.1. The van der Waals surface area contributed by atoms with Gasteiger partial charge in [-0.1, -0.05) is 23.7 Å². The average Bonchev–Trinajstić information content (AvgIpc) is 2.56. The van der Waals surface area contributed by atoms with E-state index < -0.39 is 6.61 Å². The molecule has 2 heterocycles. The second-order valence-corrected chi connectivity index (χ2v) is 5.56. The van der Waals surface area contributed by atoms with E-state index in [-0.39, 0.29) is 5.75 Å². The highest BCUT2D eigenvalue weighted by atomic mass is 35.5. The van der Waals surface area contributed by atoms with Gasteiger partial charge < -0.3 is 14.5 Å². The van der Waals surface area contributed by atoms with Gasteiger partial charge in [-0.05, 0) is 24.3 Å². The van der Waals surface area contributed by atoms with Crippen LogP contribution in [0.25, 0.3) is 0 Å². The van der Waals surface area contributed by atoms with Crippen molar-refractivity contribution in [3.8, 4) is 5.75 Å². The monoisotopic (exact) mass is 339 g/mol. The van der Waals surface area contributed by atoms with Crippen molar-refractivity contribution < 1.29 is 13.5 Å². The van der Waals surface area contributed by atoms with E-state index in [4.69, 9.17) is 11.6 Å². The van der Waals surface area contributed by atoms with Crippen LogP contribution in [-0.2, 0) is 0 Å². The Labute approximate surface area is 138 Å². The molecular formula is C16H16ClF2N3O. The highest BCUT2D eigenvalue weighted by molar-refractivity contribution is 6.33. The molecule has 0 unspecified atom stereocenters. The van der Waals surface area contributed by atoms with Gasteiger partial charge in [0.2, 0.25) is 0 Å². The fraction of sp³-hybridized carbons (Fsp3) is 0.312. The van der Waals surface area contributed by atoms with Crippen molar-refractivity contribution in [3.05, 3.63) is 47.6 Å². The van der Waals surface area contributed by atoms with Gasteiger partial charge in [0.05, 0.1) is 16.9 Å². The summed E-state index contributed by atoms with van der Waals surface area (Å²) in [5, 5.41) is 0.743. The molecule has 0 radical (unpaired) electrons. The van der Waals surface area contributed by atoms with Gasteiger partial charge in [0.15, 0.2) is 0 Å². The van der Waals surface area contributed by atoms with E-state index in [2.05, 4.69) is 19.5 Å². The number of rotatable bonds is 4. The second-order valence-electron chi connectivity index (χ2n) is 5.16. The molecule has 1 aliphatic heterocycles. The summed E-state index contributed by atoms with van der Waals surface area (Å²) in [4.78, 5) is 8.53. The number of hydrogen-bond acceptors (Lipinski definition) is 4. The number of ether oxygens (including phenoxy) is 1. The summed E-state index contributed by atoms with van der Waals surface area (Å²) in [6.07, 6.45) is 1.32. The number of piperazine rings is 1. The first kappa shape index (κ1) is 15.8. The summed E-state index contributed by atoms with van der Waals surface area (Å²) < 4.78 is 28.6. The van der Waals surface area contributed by atoms with Crippen LogP contribution in [-0.4, -0.2) is 37.8 Å². The molecule has 0 aliphatic carbocycles. The summed E-state index contributed by atoms with van der Waals surface area (Å²) in [7, 11) is 0. The molecule has 1 aliphatic rings. The molecule has 4 nitrogen and oxygen atoms in total. The number of para-hydroxylation sites is 1. The van der Waals surface area contributed by atoms with Gasteiger partial charge in [-0.25, -0.2) is 4.98 Å². The predicted octanol–water partition coefficient (Wildman–Crippen LogP) is 3.66. The Hall–Kier alpha value is -2.08. The van der Waals surface area contributed by atoms with Crippen molar-refractivity contribution in [3.63, 3.8) is 0 Å². The summed E-state index contributed by atoms with van der Waals surface area (Å²) in [6, 6.07) is 11.0. The maximum atomic E-state index is 12.1. The molecule has 0 spiro atoms. The molecule has 3 rings (SSSR count). The van der Waals surface area contributed by atoms with Gasteiger partial charge in [0.25, 0.3) is 0 Å². The number of benzene rings is 1. The Morgan fingerprint density at radius 1 is 1.00 bits per heavy atom. The zero-order chi connectivity index (χ0) is 16.2. The molecule has 1 aromatic carbocycles. The van der Waals surface area contributed by atoms with Crippen molar-refractivity contribution in [2.45, 2.75) is 6.61 Å². The summed E-state index contributed by atoms with van der Waals surface area (Å²) in [5.74, 6) is 0.823. The van der Waals surface area contributed by atoms with Gasteiger partial charge >= 0.3 is 6.61 Å². The zero-order valence-electron chi connectivity index (χ0n) is 12.3. The van der Waals surface area contributed by atoms with E-state index in [1.54, 1.807) is 6.07 Å². The van der Waals surface area contributed by atoms with Crippen LogP contribution in [0.3, 0.4) is 0 Å². The molecule has 0 saturated carbocycles. The van der Waals surface area contributed by atoms with Crippen molar-refractivity contribution in [2.24, 2.45) is 0 Å². The molecule has 7 heteroatoms. The number of aromatic nitrogens is 1. The van der Waals surface area contributed by atoms with Crippen molar-refractivity contribution in [1.29, 1.82) is 0 Å². The first-order valence-electron chi connectivity index (χ1n) is 7.29. The van der Waals surface area contributed by atoms with E-state index in [0.717, 1.165) is 42.7 Å². The van der Waals surface area contributed by atoms with Crippen LogP contribution in [0, 0.1) is 0 Å². The minimum atomic E-state index is -2.83. The maximum Gasteiger partial charge on any atom is 0.387 e. The highest BCUT2D eigenvalue weighted by Gasteiger charge is 2.19.